The summed E-state index contributed by atoms with van der Waals surface area (Å²) in [7, 11) is -1.52. The third-order valence-corrected chi connectivity index (χ3v) is 5.75. The summed E-state index contributed by atoms with van der Waals surface area (Å²) in [5.41, 5.74) is 0.0575. The van der Waals surface area contributed by atoms with Gasteiger partial charge in [-0.05, 0) is 25.0 Å². The van der Waals surface area contributed by atoms with E-state index in [1.54, 1.807) is 7.05 Å². The van der Waals surface area contributed by atoms with Crippen LogP contribution in [0.25, 0.3) is 0 Å². The van der Waals surface area contributed by atoms with Gasteiger partial charge in [0, 0.05) is 42.4 Å². The highest BCUT2D eigenvalue weighted by molar-refractivity contribution is 14.0. The molecule has 160 valence electrons. The number of nitrogens with one attached hydrogen (secondary N) is 2. The molecule has 1 aliphatic rings. The molecule has 1 aromatic carbocycles. The Bertz CT molecular complexity index is 822. The van der Waals surface area contributed by atoms with Crippen molar-refractivity contribution in [2.45, 2.75) is 26.0 Å². The van der Waals surface area contributed by atoms with Crippen LogP contribution in [-0.2, 0) is 16.4 Å². The van der Waals surface area contributed by atoms with E-state index < -0.39 is 16.4 Å². The summed E-state index contributed by atoms with van der Waals surface area (Å²) in [4.78, 5) is 4.06. The zero-order valence-electron chi connectivity index (χ0n) is 15.3. The summed E-state index contributed by atoms with van der Waals surface area (Å²) in [6, 6.07) is 2.79. The number of guanidine groups is 1. The first kappa shape index (κ1) is 25.4. The number of rotatable bonds is 8. The van der Waals surface area contributed by atoms with Crippen LogP contribution in [0.15, 0.2) is 17.1 Å². The van der Waals surface area contributed by atoms with Crippen LogP contribution in [0.1, 0.15) is 18.4 Å². The predicted molar refractivity (Wildman–Crippen MR) is 118 cm³/mol. The second-order valence-corrected chi connectivity index (χ2v) is 9.59. The van der Waals surface area contributed by atoms with Crippen molar-refractivity contribution in [3.8, 4) is 5.75 Å². The van der Waals surface area contributed by atoms with Crippen LogP contribution in [0.5, 0.6) is 5.75 Å². The highest BCUT2D eigenvalue weighted by Crippen LogP contribution is 2.46. The van der Waals surface area contributed by atoms with Gasteiger partial charge >= 0.3 is 6.61 Å². The molecule has 0 aliphatic heterocycles. The summed E-state index contributed by atoms with van der Waals surface area (Å²) in [6.07, 6.45) is 2.86. The molecule has 2 N–H and O–H groups in total. The zero-order valence-corrected chi connectivity index (χ0v) is 19.9. The van der Waals surface area contributed by atoms with Gasteiger partial charge in [-0.15, -0.1) is 24.0 Å². The van der Waals surface area contributed by atoms with Gasteiger partial charge in [-0.25, -0.2) is 8.42 Å². The SMILES string of the molecule is CN=C(NCc1cc(Cl)cc(Cl)c1OC(F)F)NCC1(CS(C)(=O)=O)CC1.I. The lowest BCUT2D eigenvalue weighted by atomic mass is 10.1. The van der Waals surface area contributed by atoms with E-state index in [1.165, 1.54) is 18.4 Å². The molecule has 1 fully saturated rings. The maximum Gasteiger partial charge on any atom is 0.387 e. The van der Waals surface area contributed by atoms with Crippen molar-refractivity contribution in [1.82, 2.24) is 10.6 Å². The molecule has 0 amide bonds. The maximum atomic E-state index is 12.6. The third-order valence-electron chi connectivity index (χ3n) is 4.12. The molecule has 0 atom stereocenters. The molecule has 0 bridgehead atoms. The lowest BCUT2D eigenvalue weighted by Crippen LogP contribution is -2.41. The fraction of sp³-hybridized carbons (Fsp3) is 0.562. The van der Waals surface area contributed by atoms with E-state index in [9.17, 15) is 17.2 Å². The molecule has 6 nitrogen and oxygen atoms in total. The fourth-order valence-corrected chi connectivity index (χ4v) is 4.83. The number of halogens is 5. The first-order valence-electron chi connectivity index (χ1n) is 8.08. The minimum Gasteiger partial charge on any atom is -0.433 e. The maximum absolute atomic E-state index is 12.6. The fourth-order valence-electron chi connectivity index (χ4n) is 2.74. The molecule has 0 saturated heterocycles. The lowest BCUT2D eigenvalue weighted by Gasteiger charge is -2.19. The van der Waals surface area contributed by atoms with Gasteiger partial charge in [0.2, 0.25) is 0 Å². The van der Waals surface area contributed by atoms with Gasteiger partial charge in [0.15, 0.2) is 5.96 Å². The Balaban J connectivity index is 0.00000392. The Labute approximate surface area is 190 Å². The van der Waals surface area contributed by atoms with E-state index in [1.807, 2.05) is 0 Å². The summed E-state index contributed by atoms with van der Waals surface area (Å²) < 4.78 is 52.8. The summed E-state index contributed by atoms with van der Waals surface area (Å²) in [5.74, 6) is 0.351. The number of ether oxygens (including phenoxy) is 1. The Hall–Kier alpha value is -0.590. The first-order valence-corrected chi connectivity index (χ1v) is 10.9. The van der Waals surface area contributed by atoms with Gasteiger partial charge in [0.1, 0.15) is 15.6 Å². The normalized spacial score (nSPS) is 15.8. The average Bonchev–Trinajstić information content (AvgIpc) is 3.28. The number of nitrogens with zero attached hydrogens (tertiary/aromatic N) is 1. The van der Waals surface area contributed by atoms with Crippen molar-refractivity contribution in [2.75, 3.05) is 25.6 Å². The molecular formula is C16H22Cl2F2IN3O3S. The Morgan fingerprint density at radius 2 is 1.96 bits per heavy atom. The third kappa shape index (κ3) is 8.03. The molecule has 28 heavy (non-hydrogen) atoms. The minimum atomic E-state index is -3.07. The predicted octanol–water partition coefficient (Wildman–Crippen LogP) is 3.70. The van der Waals surface area contributed by atoms with Crippen LogP contribution in [0, 0.1) is 5.41 Å². The monoisotopic (exact) mass is 571 g/mol. The standard InChI is InChI=1S/C16H21Cl2F2N3O3S.HI/c1-21-15(23-8-16(3-4-16)9-27(2,24)25)22-7-10-5-11(17)6-12(18)13(10)26-14(19)20;/h5-6,14H,3-4,7-9H2,1-2H3,(H2,21,22,23);1H. The van der Waals surface area contributed by atoms with Crippen molar-refractivity contribution >= 4 is 63.0 Å². The number of hydrogen-bond acceptors (Lipinski definition) is 4. The molecule has 0 heterocycles. The number of aliphatic imine (C=N–C) groups is 1. The van der Waals surface area contributed by atoms with Crippen LogP contribution in [0.3, 0.4) is 0 Å². The van der Waals surface area contributed by atoms with Gasteiger partial charge < -0.3 is 15.4 Å². The molecule has 1 aromatic rings. The molecule has 0 radical (unpaired) electrons. The Kier molecular flexibility index (Phi) is 9.49. The van der Waals surface area contributed by atoms with E-state index in [4.69, 9.17) is 23.2 Å². The summed E-state index contributed by atoms with van der Waals surface area (Å²) in [5, 5.41) is 6.30. The number of alkyl halides is 2. The van der Waals surface area contributed by atoms with Crippen LogP contribution in [-0.4, -0.2) is 46.6 Å². The van der Waals surface area contributed by atoms with Crippen LogP contribution in [0.2, 0.25) is 10.0 Å². The van der Waals surface area contributed by atoms with Crippen molar-refractivity contribution in [3.63, 3.8) is 0 Å². The van der Waals surface area contributed by atoms with Gasteiger partial charge in [-0.2, -0.15) is 8.78 Å². The molecular weight excluding hydrogens is 550 g/mol. The van der Waals surface area contributed by atoms with Gasteiger partial charge in [0.25, 0.3) is 0 Å². The Morgan fingerprint density at radius 1 is 1.32 bits per heavy atom. The molecule has 0 unspecified atom stereocenters. The smallest absolute Gasteiger partial charge is 0.387 e. The summed E-state index contributed by atoms with van der Waals surface area (Å²) >= 11 is 11.9. The number of sulfone groups is 1. The largest absolute Gasteiger partial charge is 0.433 e. The van der Waals surface area contributed by atoms with Crippen molar-refractivity contribution in [1.29, 1.82) is 0 Å². The van der Waals surface area contributed by atoms with Gasteiger partial charge in [-0.3, -0.25) is 4.99 Å². The Morgan fingerprint density at radius 3 is 2.46 bits per heavy atom. The number of hydrogen-bond donors (Lipinski definition) is 2. The van der Waals surface area contributed by atoms with Crippen LogP contribution in [0.4, 0.5) is 8.78 Å². The highest BCUT2D eigenvalue weighted by atomic mass is 127. The molecule has 2 rings (SSSR count). The van der Waals surface area contributed by atoms with Crippen LogP contribution >= 0.6 is 47.2 Å². The topological polar surface area (TPSA) is 79.8 Å². The average molecular weight is 572 g/mol. The molecule has 1 aliphatic carbocycles. The second-order valence-electron chi connectivity index (χ2n) is 6.60. The van der Waals surface area contributed by atoms with Crippen molar-refractivity contribution in [3.05, 3.63) is 27.7 Å². The van der Waals surface area contributed by atoms with E-state index >= 15 is 0 Å². The molecule has 12 heteroatoms. The first-order chi connectivity index (χ1) is 12.5. The number of benzene rings is 1. The van der Waals surface area contributed by atoms with E-state index in [0.717, 1.165) is 12.8 Å². The zero-order chi connectivity index (χ0) is 20.2. The van der Waals surface area contributed by atoms with E-state index in [2.05, 4.69) is 20.4 Å². The molecule has 0 aromatic heterocycles. The second kappa shape index (κ2) is 10.4. The lowest BCUT2D eigenvalue weighted by molar-refractivity contribution is -0.0504. The molecule has 0 spiro atoms. The van der Waals surface area contributed by atoms with Gasteiger partial charge in [-0.1, -0.05) is 23.2 Å². The highest BCUT2D eigenvalue weighted by Gasteiger charge is 2.45. The van der Waals surface area contributed by atoms with Crippen molar-refractivity contribution in [2.24, 2.45) is 10.4 Å². The van der Waals surface area contributed by atoms with Crippen LogP contribution < -0.4 is 15.4 Å². The minimum absolute atomic E-state index is 0. The van der Waals surface area contributed by atoms with Gasteiger partial charge in [0.05, 0.1) is 10.8 Å². The summed E-state index contributed by atoms with van der Waals surface area (Å²) in [6.45, 7) is -2.50. The quantitative estimate of drug-likeness (QED) is 0.282. The van der Waals surface area contributed by atoms with E-state index in [0.29, 0.717) is 18.1 Å². The van der Waals surface area contributed by atoms with E-state index in [-0.39, 0.29) is 57.5 Å². The van der Waals surface area contributed by atoms with Crippen molar-refractivity contribution < 1.29 is 21.9 Å². The molecule has 1 saturated carbocycles.